The maximum Gasteiger partial charge on any atom is 0.166 e. The normalized spacial score (nSPS) is 20.6. The number of methoxy groups -OCH3 is 1. The van der Waals surface area contributed by atoms with Crippen LogP contribution in [0.4, 0.5) is 4.39 Å². The van der Waals surface area contributed by atoms with E-state index in [0.717, 1.165) is 25.1 Å². The molecule has 1 aromatic carbocycles. The predicted molar refractivity (Wildman–Crippen MR) is 58.2 cm³/mol. The Morgan fingerprint density at radius 3 is 2.93 bits per heavy atom. The highest BCUT2D eigenvalue weighted by Crippen LogP contribution is 2.35. The summed E-state index contributed by atoms with van der Waals surface area (Å²) >= 11 is 5.84. The van der Waals surface area contributed by atoms with Crippen LogP contribution in [0.5, 0.6) is 5.75 Å². The van der Waals surface area contributed by atoms with Crippen molar-refractivity contribution in [2.45, 2.75) is 12.3 Å². The summed E-state index contributed by atoms with van der Waals surface area (Å²) < 4.78 is 18.6. The Bertz CT molecular complexity index is 364. The predicted octanol–water partition coefficient (Wildman–Crippen LogP) is 2.56. The molecule has 1 unspecified atom stereocenters. The van der Waals surface area contributed by atoms with E-state index in [4.69, 9.17) is 16.3 Å². The topological polar surface area (TPSA) is 21.3 Å². The monoisotopic (exact) mass is 229 g/mol. The van der Waals surface area contributed by atoms with Crippen molar-refractivity contribution in [3.8, 4) is 5.75 Å². The lowest BCUT2D eigenvalue weighted by atomic mass is 9.97. The third-order valence-electron chi connectivity index (χ3n) is 2.74. The summed E-state index contributed by atoms with van der Waals surface area (Å²) in [4.78, 5) is 0. The van der Waals surface area contributed by atoms with E-state index in [2.05, 4.69) is 5.32 Å². The van der Waals surface area contributed by atoms with Crippen molar-refractivity contribution in [3.05, 3.63) is 28.5 Å². The summed E-state index contributed by atoms with van der Waals surface area (Å²) in [6, 6.07) is 3.08. The van der Waals surface area contributed by atoms with Gasteiger partial charge in [-0.05, 0) is 25.1 Å². The SMILES string of the molecule is COc1c(F)cc(Cl)cc1C1CCNC1. The lowest BCUT2D eigenvalue weighted by Gasteiger charge is -2.14. The first-order chi connectivity index (χ1) is 7.22. The van der Waals surface area contributed by atoms with Crippen molar-refractivity contribution >= 4 is 11.6 Å². The van der Waals surface area contributed by atoms with Crippen LogP contribution < -0.4 is 10.1 Å². The van der Waals surface area contributed by atoms with Crippen LogP contribution in [-0.4, -0.2) is 20.2 Å². The van der Waals surface area contributed by atoms with Gasteiger partial charge in [0.2, 0.25) is 0 Å². The molecule has 1 N–H and O–H groups in total. The van der Waals surface area contributed by atoms with Crippen molar-refractivity contribution in [1.29, 1.82) is 0 Å². The van der Waals surface area contributed by atoms with Crippen LogP contribution in [0.1, 0.15) is 17.9 Å². The number of halogens is 2. The first kappa shape index (κ1) is 10.7. The van der Waals surface area contributed by atoms with Gasteiger partial charge in [0, 0.05) is 23.0 Å². The van der Waals surface area contributed by atoms with Crippen molar-refractivity contribution in [1.82, 2.24) is 5.32 Å². The van der Waals surface area contributed by atoms with E-state index in [1.54, 1.807) is 6.07 Å². The third kappa shape index (κ3) is 2.08. The van der Waals surface area contributed by atoms with Crippen LogP contribution in [0, 0.1) is 5.82 Å². The zero-order valence-corrected chi connectivity index (χ0v) is 9.27. The van der Waals surface area contributed by atoms with E-state index < -0.39 is 0 Å². The molecular formula is C11H13ClFNO. The lowest BCUT2D eigenvalue weighted by molar-refractivity contribution is 0.378. The van der Waals surface area contributed by atoms with Gasteiger partial charge in [-0.3, -0.25) is 0 Å². The molecular weight excluding hydrogens is 217 g/mol. The highest BCUT2D eigenvalue weighted by Gasteiger charge is 2.22. The lowest BCUT2D eigenvalue weighted by Crippen LogP contribution is -2.09. The van der Waals surface area contributed by atoms with Gasteiger partial charge in [0.25, 0.3) is 0 Å². The average molecular weight is 230 g/mol. The second-order valence-electron chi connectivity index (χ2n) is 3.70. The van der Waals surface area contributed by atoms with Crippen LogP contribution in [-0.2, 0) is 0 Å². The van der Waals surface area contributed by atoms with Gasteiger partial charge in [0.05, 0.1) is 7.11 Å². The highest BCUT2D eigenvalue weighted by atomic mass is 35.5. The van der Waals surface area contributed by atoms with E-state index in [1.807, 2.05) is 0 Å². The molecule has 0 radical (unpaired) electrons. The zero-order valence-electron chi connectivity index (χ0n) is 8.52. The fraction of sp³-hybridized carbons (Fsp3) is 0.455. The van der Waals surface area contributed by atoms with Crippen LogP contribution >= 0.6 is 11.6 Å². The molecule has 1 heterocycles. The van der Waals surface area contributed by atoms with E-state index in [0.29, 0.717) is 16.7 Å². The van der Waals surface area contributed by atoms with Gasteiger partial charge in [-0.1, -0.05) is 11.6 Å². The molecule has 1 aromatic rings. The van der Waals surface area contributed by atoms with Crippen molar-refractivity contribution in [2.75, 3.05) is 20.2 Å². The molecule has 1 atom stereocenters. The fourth-order valence-corrected chi connectivity index (χ4v) is 2.23. The molecule has 0 spiro atoms. The first-order valence-electron chi connectivity index (χ1n) is 4.96. The minimum Gasteiger partial charge on any atom is -0.493 e. The summed E-state index contributed by atoms with van der Waals surface area (Å²) in [6.45, 7) is 1.82. The maximum atomic E-state index is 13.5. The number of hydrogen-bond donors (Lipinski definition) is 1. The van der Waals surface area contributed by atoms with Gasteiger partial charge in [0.1, 0.15) is 0 Å². The molecule has 82 valence electrons. The molecule has 1 fully saturated rings. The molecule has 0 saturated carbocycles. The molecule has 15 heavy (non-hydrogen) atoms. The smallest absolute Gasteiger partial charge is 0.166 e. The van der Waals surface area contributed by atoms with Gasteiger partial charge in [-0.25, -0.2) is 4.39 Å². The molecule has 0 aliphatic carbocycles. The number of nitrogens with one attached hydrogen (secondary N) is 1. The molecule has 1 saturated heterocycles. The second kappa shape index (κ2) is 4.37. The Balaban J connectivity index is 2.42. The van der Waals surface area contributed by atoms with E-state index >= 15 is 0 Å². The number of benzene rings is 1. The summed E-state index contributed by atoms with van der Waals surface area (Å²) in [5, 5.41) is 3.67. The highest BCUT2D eigenvalue weighted by molar-refractivity contribution is 6.30. The van der Waals surface area contributed by atoms with Crippen molar-refractivity contribution in [2.24, 2.45) is 0 Å². The zero-order chi connectivity index (χ0) is 10.8. The Hall–Kier alpha value is -0.800. The van der Waals surface area contributed by atoms with Crippen molar-refractivity contribution in [3.63, 3.8) is 0 Å². The molecule has 0 aromatic heterocycles. The number of hydrogen-bond acceptors (Lipinski definition) is 2. The molecule has 4 heteroatoms. The van der Waals surface area contributed by atoms with Crippen LogP contribution in [0.2, 0.25) is 5.02 Å². The Morgan fingerprint density at radius 2 is 2.33 bits per heavy atom. The maximum absolute atomic E-state index is 13.5. The average Bonchev–Trinajstić information content (AvgIpc) is 2.69. The van der Waals surface area contributed by atoms with E-state index in [9.17, 15) is 4.39 Å². The quantitative estimate of drug-likeness (QED) is 0.842. The van der Waals surface area contributed by atoms with Crippen LogP contribution in [0.25, 0.3) is 0 Å². The van der Waals surface area contributed by atoms with Gasteiger partial charge >= 0.3 is 0 Å². The molecule has 2 nitrogen and oxygen atoms in total. The van der Waals surface area contributed by atoms with E-state index in [-0.39, 0.29) is 5.82 Å². The van der Waals surface area contributed by atoms with E-state index in [1.165, 1.54) is 13.2 Å². The minimum atomic E-state index is -0.382. The van der Waals surface area contributed by atoms with Gasteiger partial charge < -0.3 is 10.1 Å². The first-order valence-corrected chi connectivity index (χ1v) is 5.34. The summed E-state index contributed by atoms with van der Waals surface area (Å²) in [5.41, 5.74) is 0.868. The Kier molecular flexibility index (Phi) is 3.12. The molecule has 2 rings (SSSR count). The largest absolute Gasteiger partial charge is 0.493 e. The van der Waals surface area contributed by atoms with Crippen LogP contribution in [0.15, 0.2) is 12.1 Å². The van der Waals surface area contributed by atoms with Gasteiger partial charge in [-0.15, -0.1) is 0 Å². The summed E-state index contributed by atoms with van der Waals surface area (Å²) in [5.74, 6) is 0.244. The molecule has 0 amide bonds. The van der Waals surface area contributed by atoms with Gasteiger partial charge in [-0.2, -0.15) is 0 Å². The number of ether oxygens (including phenoxy) is 1. The fourth-order valence-electron chi connectivity index (χ4n) is 2.02. The Labute approximate surface area is 93.4 Å². The minimum absolute atomic E-state index is 0.299. The number of rotatable bonds is 2. The summed E-state index contributed by atoms with van der Waals surface area (Å²) in [6.07, 6.45) is 0.996. The second-order valence-corrected chi connectivity index (χ2v) is 4.14. The third-order valence-corrected chi connectivity index (χ3v) is 2.96. The summed E-state index contributed by atoms with van der Waals surface area (Å²) in [7, 11) is 1.48. The molecule has 1 aliphatic rings. The Morgan fingerprint density at radius 1 is 1.53 bits per heavy atom. The molecule has 0 bridgehead atoms. The van der Waals surface area contributed by atoms with Crippen LogP contribution in [0.3, 0.4) is 0 Å². The van der Waals surface area contributed by atoms with Crippen molar-refractivity contribution < 1.29 is 9.13 Å². The standard InChI is InChI=1S/C11H13ClFNO/c1-15-11-9(7-2-3-14-6-7)4-8(12)5-10(11)13/h4-5,7,14H,2-3,6H2,1H3. The molecule has 1 aliphatic heterocycles. The van der Waals surface area contributed by atoms with Gasteiger partial charge in [0.15, 0.2) is 11.6 Å².